The molecule has 3 aromatic carbocycles. The number of aryl methyl sites for hydroxylation is 1. The second-order valence-electron chi connectivity index (χ2n) is 7.45. The largest absolute Gasteiger partial charge is 0.348 e. The predicted molar refractivity (Wildman–Crippen MR) is 129 cm³/mol. The number of hydrogen-bond donors (Lipinski definition) is 2. The van der Waals surface area contributed by atoms with E-state index in [1.807, 2.05) is 49.4 Å². The summed E-state index contributed by atoms with van der Waals surface area (Å²) in [4.78, 5) is 17.9. The molecule has 32 heavy (non-hydrogen) atoms. The van der Waals surface area contributed by atoms with Crippen molar-refractivity contribution < 1.29 is 13.2 Å². The van der Waals surface area contributed by atoms with Gasteiger partial charge in [-0.2, -0.15) is 0 Å². The van der Waals surface area contributed by atoms with Gasteiger partial charge < -0.3 is 5.32 Å². The Balaban J connectivity index is 1.66. The second-order valence-corrected chi connectivity index (χ2v) is 9.93. The first-order valence-corrected chi connectivity index (χ1v) is 12.1. The minimum atomic E-state index is -3.75. The standard InChI is InChI=1S/C24H20BrN3O3S/c1-15-2-6-17(7-3-15)23-13-21(20-12-18(25)8-11-22(20)28-23)24(29)27-14-16-4-9-19(10-5-16)32(26,30)31/h2-13H,14H2,1H3,(H,27,29)(H2,26,30,31). The fourth-order valence-electron chi connectivity index (χ4n) is 3.33. The van der Waals surface area contributed by atoms with Crippen molar-refractivity contribution >= 4 is 42.8 Å². The number of nitrogens with zero attached hydrogens (tertiary/aromatic N) is 1. The van der Waals surface area contributed by atoms with E-state index in [-0.39, 0.29) is 17.3 Å². The lowest BCUT2D eigenvalue weighted by Crippen LogP contribution is -2.23. The molecule has 0 spiro atoms. The number of aromatic nitrogens is 1. The number of amides is 1. The Bertz CT molecular complexity index is 1420. The number of carbonyl (C=O) groups excluding carboxylic acids is 1. The third kappa shape index (κ3) is 4.88. The molecule has 0 saturated carbocycles. The van der Waals surface area contributed by atoms with Gasteiger partial charge in [0.15, 0.2) is 0 Å². The topological polar surface area (TPSA) is 102 Å². The highest BCUT2D eigenvalue weighted by Gasteiger charge is 2.15. The van der Waals surface area contributed by atoms with Crippen LogP contribution in [0, 0.1) is 6.92 Å². The molecular weight excluding hydrogens is 490 g/mol. The Morgan fingerprint density at radius 3 is 2.34 bits per heavy atom. The van der Waals surface area contributed by atoms with E-state index in [0.29, 0.717) is 16.8 Å². The van der Waals surface area contributed by atoms with Gasteiger partial charge in [-0.3, -0.25) is 4.79 Å². The molecule has 0 unspecified atom stereocenters. The van der Waals surface area contributed by atoms with Gasteiger partial charge >= 0.3 is 0 Å². The Kier molecular flexibility index (Phi) is 6.10. The Morgan fingerprint density at radius 2 is 1.69 bits per heavy atom. The molecule has 6 nitrogen and oxygen atoms in total. The van der Waals surface area contributed by atoms with E-state index >= 15 is 0 Å². The van der Waals surface area contributed by atoms with Gasteiger partial charge in [0.2, 0.25) is 10.0 Å². The lowest BCUT2D eigenvalue weighted by molar-refractivity contribution is 0.0952. The van der Waals surface area contributed by atoms with Crippen LogP contribution in [0.3, 0.4) is 0 Å². The summed E-state index contributed by atoms with van der Waals surface area (Å²) in [7, 11) is -3.75. The summed E-state index contributed by atoms with van der Waals surface area (Å²) in [6, 6.07) is 21.5. The molecule has 0 aliphatic rings. The Morgan fingerprint density at radius 1 is 1.00 bits per heavy atom. The molecule has 8 heteroatoms. The summed E-state index contributed by atoms with van der Waals surface area (Å²) in [5, 5.41) is 8.78. The molecule has 0 fully saturated rings. The number of carbonyl (C=O) groups is 1. The minimum Gasteiger partial charge on any atom is -0.348 e. The van der Waals surface area contributed by atoms with E-state index in [2.05, 4.69) is 21.2 Å². The van der Waals surface area contributed by atoms with Crippen LogP contribution < -0.4 is 10.5 Å². The number of pyridine rings is 1. The number of rotatable bonds is 5. The number of nitrogens with one attached hydrogen (secondary N) is 1. The van der Waals surface area contributed by atoms with Crippen LogP contribution in [-0.4, -0.2) is 19.3 Å². The molecule has 0 saturated heterocycles. The van der Waals surface area contributed by atoms with Crippen molar-refractivity contribution in [1.82, 2.24) is 10.3 Å². The van der Waals surface area contributed by atoms with Crippen LogP contribution in [0.2, 0.25) is 0 Å². The normalized spacial score (nSPS) is 11.5. The average molecular weight is 510 g/mol. The SMILES string of the molecule is Cc1ccc(-c2cc(C(=O)NCc3ccc(S(N)(=O)=O)cc3)c3cc(Br)ccc3n2)cc1. The third-order valence-corrected chi connectivity index (χ3v) is 6.49. The predicted octanol–water partition coefficient (Wildman–Crippen LogP) is 4.55. The zero-order valence-corrected chi connectivity index (χ0v) is 19.6. The molecule has 3 N–H and O–H groups in total. The molecular formula is C24H20BrN3O3S. The number of primary sulfonamides is 1. The first kappa shape index (κ1) is 22.1. The van der Waals surface area contributed by atoms with Crippen molar-refractivity contribution in [2.75, 3.05) is 0 Å². The second kappa shape index (κ2) is 8.82. The lowest BCUT2D eigenvalue weighted by atomic mass is 10.0. The maximum absolute atomic E-state index is 13.1. The number of sulfonamides is 1. The molecule has 4 rings (SSSR count). The first-order chi connectivity index (χ1) is 15.2. The van der Waals surface area contributed by atoms with Crippen LogP contribution >= 0.6 is 15.9 Å². The van der Waals surface area contributed by atoms with E-state index in [9.17, 15) is 13.2 Å². The number of benzene rings is 3. The molecule has 1 heterocycles. The monoisotopic (exact) mass is 509 g/mol. The molecule has 0 radical (unpaired) electrons. The number of nitrogens with two attached hydrogens (primary N) is 1. The van der Waals surface area contributed by atoms with Crippen molar-refractivity contribution in [2.45, 2.75) is 18.4 Å². The van der Waals surface area contributed by atoms with Crippen LogP contribution in [0.1, 0.15) is 21.5 Å². The first-order valence-electron chi connectivity index (χ1n) is 9.78. The summed E-state index contributed by atoms with van der Waals surface area (Å²) < 4.78 is 23.7. The molecule has 1 aromatic heterocycles. The van der Waals surface area contributed by atoms with Gasteiger partial charge in [-0.15, -0.1) is 0 Å². The summed E-state index contributed by atoms with van der Waals surface area (Å²) in [6.07, 6.45) is 0. The molecule has 0 aliphatic heterocycles. The van der Waals surface area contributed by atoms with Crippen LogP contribution in [0.25, 0.3) is 22.2 Å². The van der Waals surface area contributed by atoms with E-state index in [1.54, 1.807) is 18.2 Å². The third-order valence-electron chi connectivity index (χ3n) is 5.07. The fourth-order valence-corrected chi connectivity index (χ4v) is 4.21. The van der Waals surface area contributed by atoms with E-state index in [4.69, 9.17) is 10.1 Å². The van der Waals surface area contributed by atoms with Crippen molar-refractivity contribution in [3.63, 3.8) is 0 Å². The molecule has 4 aromatic rings. The van der Waals surface area contributed by atoms with E-state index in [1.165, 1.54) is 12.1 Å². The quantitative estimate of drug-likeness (QED) is 0.411. The lowest BCUT2D eigenvalue weighted by Gasteiger charge is -2.12. The van der Waals surface area contributed by atoms with Gasteiger partial charge in [0.05, 0.1) is 21.7 Å². The van der Waals surface area contributed by atoms with Gasteiger partial charge in [-0.1, -0.05) is 57.9 Å². The molecule has 0 atom stereocenters. The van der Waals surface area contributed by atoms with Crippen molar-refractivity contribution in [3.05, 3.63) is 94.0 Å². The van der Waals surface area contributed by atoms with Crippen LogP contribution in [0.4, 0.5) is 0 Å². The number of fused-ring (bicyclic) bond motifs is 1. The highest BCUT2D eigenvalue weighted by molar-refractivity contribution is 9.10. The smallest absolute Gasteiger partial charge is 0.252 e. The number of hydrogen-bond acceptors (Lipinski definition) is 4. The van der Waals surface area contributed by atoms with Gasteiger partial charge in [-0.25, -0.2) is 18.5 Å². The maximum atomic E-state index is 13.1. The van der Waals surface area contributed by atoms with Gasteiger partial charge in [0, 0.05) is 22.0 Å². The van der Waals surface area contributed by atoms with Crippen LogP contribution in [0.5, 0.6) is 0 Å². The molecule has 0 bridgehead atoms. The molecule has 1 amide bonds. The molecule has 0 aliphatic carbocycles. The molecule has 162 valence electrons. The minimum absolute atomic E-state index is 0.0281. The van der Waals surface area contributed by atoms with E-state index in [0.717, 1.165) is 26.5 Å². The highest BCUT2D eigenvalue weighted by atomic mass is 79.9. The van der Waals surface area contributed by atoms with Gasteiger partial charge in [-0.05, 0) is 48.9 Å². The summed E-state index contributed by atoms with van der Waals surface area (Å²) >= 11 is 3.47. The Hall–Kier alpha value is -3.07. The summed E-state index contributed by atoms with van der Waals surface area (Å²) in [5.74, 6) is -0.251. The average Bonchev–Trinajstić information content (AvgIpc) is 2.77. The van der Waals surface area contributed by atoms with Gasteiger partial charge in [0.25, 0.3) is 5.91 Å². The van der Waals surface area contributed by atoms with E-state index < -0.39 is 10.0 Å². The van der Waals surface area contributed by atoms with Gasteiger partial charge in [0.1, 0.15) is 0 Å². The van der Waals surface area contributed by atoms with Crippen LogP contribution in [0.15, 0.2) is 82.2 Å². The summed E-state index contributed by atoms with van der Waals surface area (Å²) in [5.41, 5.74) is 4.76. The maximum Gasteiger partial charge on any atom is 0.252 e. The van der Waals surface area contributed by atoms with Crippen molar-refractivity contribution in [2.24, 2.45) is 5.14 Å². The zero-order chi connectivity index (χ0) is 22.9. The number of halogens is 1. The highest BCUT2D eigenvalue weighted by Crippen LogP contribution is 2.27. The Labute approximate surface area is 194 Å². The van der Waals surface area contributed by atoms with Crippen molar-refractivity contribution in [3.8, 4) is 11.3 Å². The van der Waals surface area contributed by atoms with Crippen molar-refractivity contribution in [1.29, 1.82) is 0 Å². The van der Waals surface area contributed by atoms with Crippen LogP contribution in [-0.2, 0) is 16.6 Å². The fraction of sp³-hybridized carbons (Fsp3) is 0.0833. The summed E-state index contributed by atoms with van der Waals surface area (Å²) in [6.45, 7) is 2.25. The zero-order valence-electron chi connectivity index (χ0n) is 17.2.